The van der Waals surface area contributed by atoms with E-state index >= 15 is 0 Å². The van der Waals surface area contributed by atoms with Gasteiger partial charge >= 0.3 is 6.18 Å². The Morgan fingerprint density at radius 1 is 1.27 bits per heavy atom. The van der Waals surface area contributed by atoms with Crippen molar-refractivity contribution in [1.82, 2.24) is 15.2 Å². The maximum Gasteiger partial charge on any atom is 0.417 e. The SMILES string of the molecule is C/C(=N\C(C(=O)N1CCC[C@@H]1C)C(=S)c1cnc(NC(C)(C)C)cc1C(F)(F)F)C(=O)N[C@@H](C)[C@H](C)O. The number of aromatic nitrogens is 1. The third kappa shape index (κ3) is 8.19. The lowest BCUT2D eigenvalue weighted by molar-refractivity contribution is -0.138. The molecule has 8 nitrogen and oxygen atoms in total. The molecule has 12 heteroatoms. The van der Waals surface area contributed by atoms with E-state index in [4.69, 9.17) is 12.2 Å². The summed E-state index contributed by atoms with van der Waals surface area (Å²) in [6.45, 7) is 12.0. The molecule has 2 rings (SSSR count). The summed E-state index contributed by atoms with van der Waals surface area (Å²) in [6.07, 6.45) is -3.16. The summed E-state index contributed by atoms with van der Waals surface area (Å²) in [5, 5.41) is 15.1. The largest absolute Gasteiger partial charge is 0.417 e. The zero-order valence-corrected chi connectivity index (χ0v) is 23.0. The van der Waals surface area contributed by atoms with Crippen molar-refractivity contribution in [2.24, 2.45) is 4.99 Å². The number of thiocarbonyl (C=S) groups is 1. The number of amides is 2. The van der Waals surface area contributed by atoms with E-state index in [0.717, 1.165) is 25.1 Å². The Kier molecular flexibility index (Phi) is 9.81. The van der Waals surface area contributed by atoms with E-state index in [0.29, 0.717) is 6.54 Å². The Bertz CT molecular complexity index is 1050. The predicted molar refractivity (Wildman–Crippen MR) is 141 cm³/mol. The Hall–Kier alpha value is -2.60. The molecule has 0 radical (unpaired) electrons. The minimum absolute atomic E-state index is 0.00795. The van der Waals surface area contributed by atoms with E-state index in [1.54, 1.807) is 27.7 Å². The summed E-state index contributed by atoms with van der Waals surface area (Å²) in [5.41, 5.74) is -2.18. The monoisotopic (exact) mass is 543 g/mol. The van der Waals surface area contributed by atoms with Gasteiger partial charge in [-0.05, 0) is 67.4 Å². The van der Waals surface area contributed by atoms with E-state index in [9.17, 15) is 27.9 Å². The number of aliphatic hydroxyl groups excluding tert-OH is 1. The van der Waals surface area contributed by atoms with Crippen LogP contribution < -0.4 is 10.6 Å². The summed E-state index contributed by atoms with van der Waals surface area (Å²) in [6, 6.07) is -1.43. The minimum atomic E-state index is -4.78. The third-order valence-electron chi connectivity index (χ3n) is 6.03. The first-order valence-electron chi connectivity index (χ1n) is 12.2. The first kappa shape index (κ1) is 30.6. The number of nitrogens with zero attached hydrogens (tertiary/aromatic N) is 3. The van der Waals surface area contributed by atoms with Gasteiger partial charge in [-0.25, -0.2) is 4.98 Å². The zero-order valence-electron chi connectivity index (χ0n) is 22.2. The van der Waals surface area contributed by atoms with Gasteiger partial charge < -0.3 is 20.6 Å². The fourth-order valence-corrected chi connectivity index (χ4v) is 4.13. The normalized spacial score (nSPS) is 19.3. The van der Waals surface area contributed by atoms with Crippen LogP contribution in [0.5, 0.6) is 0 Å². The Labute approximate surface area is 221 Å². The Morgan fingerprint density at radius 3 is 2.38 bits per heavy atom. The number of carbonyl (C=O) groups is 2. The molecular formula is C25H36F3N5O3S. The predicted octanol–water partition coefficient (Wildman–Crippen LogP) is 3.75. The summed E-state index contributed by atoms with van der Waals surface area (Å²) >= 11 is 5.45. The van der Waals surface area contributed by atoms with Gasteiger partial charge in [0.15, 0.2) is 6.04 Å². The van der Waals surface area contributed by atoms with Gasteiger partial charge in [0.1, 0.15) is 5.82 Å². The van der Waals surface area contributed by atoms with Gasteiger partial charge in [-0.2, -0.15) is 13.2 Å². The highest BCUT2D eigenvalue weighted by molar-refractivity contribution is 7.81. The smallest absolute Gasteiger partial charge is 0.391 e. The molecule has 37 heavy (non-hydrogen) atoms. The number of nitrogens with one attached hydrogen (secondary N) is 2. The molecule has 1 unspecified atom stereocenters. The van der Waals surface area contributed by atoms with Crippen LogP contribution >= 0.6 is 12.2 Å². The van der Waals surface area contributed by atoms with Gasteiger partial charge in [-0.1, -0.05) is 12.2 Å². The van der Waals surface area contributed by atoms with Crippen LogP contribution in [0.4, 0.5) is 19.0 Å². The van der Waals surface area contributed by atoms with Crippen molar-refractivity contribution in [2.45, 2.75) is 97.3 Å². The summed E-state index contributed by atoms with van der Waals surface area (Å²) in [7, 11) is 0. The number of alkyl halides is 3. The molecule has 1 saturated heterocycles. The summed E-state index contributed by atoms with van der Waals surface area (Å²) in [5.74, 6) is -1.23. The second kappa shape index (κ2) is 11.8. The molecule has 0 aliphatic carbocycles. The highest BCUT2D eigenvalue weighted by Gasteiger charge is 2.40. The fraction of sp³-hybridized carbons (Fsp3) is 0.640. The number of hydrogen-bond acceptors (Lipinski definition) is 7. The van der Waals surface area contributed by atoms with Crippen molar-refractivity contribution in [3.8, 4) is 0 Å². The van der Waals surface area contributed by atoms with E-state index < -0.39 is 52.8 Å². The fourth-order valence-electron chi connectivity index (χ4n) is 3.81. The molecule has 1 aliphatic rings. The lowest BCUT2D eigenvalue weighted by atomic mass is 10.00. The number of aliphatic imine (C=N–C) groups is 1. The number of aliphatic hydroxyl groups is 1. The molecule has 0 spiro atoms. The highest BCUT2D eigenvalue weighted by atomic mass is 32.1. The third-order valence-corrected chi connectivity index (χ3v) is 6.47. The molecule has 0 aromatic carbocycles. The average molecular weight is 544 g/mol. The molecule has 3 N–H and O–H groups in total. The van der Waals surface area contributed by atoms with Crippen LogP contribution in [0.2, 0.25) is 0 Å². The molecule has 1 aromatic rings. The number of rotatable bonds is 8. The molecule has 1 fully saturated rings. The lowest BCUT2D eigenvalue weighted by Crippen LogP contribution is -2.46. The van der Waals surface area contributed by atoms with E-state index in [1.807, 2.05) is 6.92 Å². The van der Waals surface area contributed by atoms with Gasteiger partial charge in [-0.3, -0.25) is 14.6 Å². The molecule has 4 atom stereocenters. The second-order valence-corrected chi connectivity index (χ2v) is 10.9. The average Bonchev–Trinajstić information content (AvgIpc) is 3.20. The Morgan fingerprint density at radius 2 is 1.89 bits per heavy atom. The van der Waals surface area contributed by atoms with Crippen LogP contribution in [-0.4, -0.2) is 73.7 Å². The van der Waals surface area contributed by atoms with Crippen LogP contribution in [0, 0.1) is 0 Å². The van der Waals surface area contributed by atoms with Crippen LogP contribution in [-0.2, 0) is 15.8 Å². The van der Waals surface area contributed by atoms with Gasteiger partial charge in [-0.15, -0.1) is 0 Å². The van der Waals surface area contributed by atoms with Crippen molar-refractivity contribution < 1.29 is 27.9 Å². The van der Waals surface area contributed by atoms with Crippen LogP contribution in [0.1, 0.15) is 72.4 Å². The molecule has 1 aliphatic heterocycles. The van der Waals surface area contributed by atoms with Crippen LogP contribution in [0.25, 0.3) is 0 Å². The van der Waals surface area contributed by atoms with E-state index in [-0.39, 0.29) is 22.4 Å². The summed E-state index contributed by atoms with van der Waals surface area (Å²) < 4.78 is 42.4. The van der Waals surface area contributed by atoms with Crippen LogP contribution in [0.3, 0.4) is 0 Å². The number of likely N-dealkylation sites (tertiary alicyclic amines) is 1. The zero-order chi connectivity index (χ0) is 28.3. The number of hydrogen-bond donors (Lipinski definition) is 3. The van der Waals surface area contributed by atoms with E-state index in [2.05, 4.69) is 20.6 Å². The topological polar surface area (TPSA) is 107 Å². The van der Waals surface area contributed by atoms with Crippen molar-refractivity contribution in [2.75, 3.05) is 11.9 Å². The number of pyridine rings is 1. The molecule has 2 amide bonds. The Balaban J connectivity index is 2.56. The highest BCUT2D eigenvalue weighted by Crippen LogP contribution is 2.35. The molecular weight excluding hydrogens is 507 g/mol. The van der Waals surface area contributed by atoms with Crippen molar-refractivity contribution in [3.63, 3.8) is 0 Å². The second-order valence-electron chi connectivity index (χ2n) is 10.5. The maximum atomic E-state index is 14.1. The van der Waals surface area contributed by atoms with Crippen molar-refractivity contribution in [3.05, 3.63) is 23.4 Å². The molecule has 206 valence electrons. The summed E-state index contributed by atoms with van der Waals surface area (Å²) in [4.78, 5) is 35.7. The first-order valence-corrected chi connectivity index (χ1v) is 12.6. The molecule has 1 aromatic heterocycles. The number of halogens is 3. The lowest BCUT2D eigenvalue weighted by Gasteiger charge is -2.27. The molecule has 0 saturated carbocycles. The number of anilines is 1. The molecule has 2 heterocycles. The quantitative estimate of drug-likeness (QED) is 0.262. The van der Waals surface area contributed by atoms with Crippen molar-refractivity contribution >= 4 is 40.4 Å². The maximum absolute atomic E-state index is 14.1. The molecule has 0 bridgehead atoms. The number of carbonyl (C=O) groups excluding carboxylic acids is 2. The first-order chi connectivity index (χ1) is 16.9. The van der Waals surface area contributed by atoms with Crippen LogP contribution in [0.15, 0.2) is 17.3 Å². The van der Waals surface area contributed by atoms with E-state index in [1.165, 1.54) is 18.7 Å². The van der Waals surface area contributed by atoms with Gasteiger partial charge in [0.05, 0.1) is 28.3 Å². The minimum Gasteiger partial charge on any atom is -0.391 e. The van der Waals surface area contributed by atoms with Crippen molar-refractivity contribution in [1.29, 1.82) is 0 Å². The van der Waals surface area contributed by atoms with Gasteiger partial charge in [0.25, 0.3) is 11.8 Å². The van der Waals surface area contributed by atoms with Gasteiger partial charge in [0, 0.05) is 29.9 Å². The van der Waals surface area contributed by atoms with Gasteiger partial charge in [0.2, 0.25) is 0 Å². The standard InChI is InChI=1S/C25H36F3N5O3S/c1-13-9-8-10-33(13)23(36)20(30-15(3)22(35)31-14(2)16(4)34)21(37)17-12-29-19(32-24(5,6)7)11-18(17)25(26,27)28/h11-14,16,20,34H,8-10H2,1-7H3,(H,29,32)(H,31,35)/b30-15+/t13-,14-,16-,20?/m0/s1.